The third-order valence-electron chi connectivity index (χ3n) is 2.90. The fraction of sp³-hybridized carbons (Fsp3) is 0.267. The summed E-state index contributed by atoms with van der Waals surface area (Å²) in [6.07, 6.45) is 3.29. The van der Waals surface area contributed by atoms with E-state index < -0.39 is 11.9 Å². The summed E-state index contributed by atoms with van der Waals surface area (Å²) in [5, 5.41) is 9.97. The molecular weight excluding hydrogens is 229 g/mol. The zero-order valence-electron chi connectivity index (χ0n) is 10.3. The molecule has 1 aromatic heterocycles. The summed E-state index contributed by atoms with van der Waals surface area (Å²) in [5.41, 5.74) is 2.91. The molecule has 0 spiro atoms. The number of aryl methyl sites for hydroxylation is 2. The molecular formula is C15H16FNO. The minimum absolute atomic E-state index is 0.415. The van der Waals surface area contributed by atoms with E-state index in [9.17, 15) is 9.50 Å². The average Bonchev–Trinajstić information content (AvgIpc) is 2.36. The largest absolute Gasteiger partial charge is 0.388 e. The molecule has 0 bridgehead atoms. The molecule has 2 nitrogen and oxygen atoms in total. The van der Waals surface area contributed by atoms with E-state index in [-0.39, 0.29) is 0 Å². The van der Waals surface area contributed by atoms with E-state index in [1.54, 1.807) is 0 Å². The zero-order valence-corrected chi connectivity index (χ0v) is 10.3. The zero-order chi connectivity index (χ0) is 13.0. The predicted molar refractivity (Wildman–Crippen MR) is 68.7 cm³/mol. The Labute approximate surface area is 106 Å². The first-order valence-corrected chi connectivity index (χ1v) is 5.99. The van der Waals surface area contributed by atoms with Crippen LogP contribution >= 0.6 is 0 Å². The first-order chi connectivity index (χ1) is 8.65. The Morgan fingerprint density at radius 3 is 2.83 bits per heavy atom. The van der Waals surface area contributed by atoms with Crippen LogP contribution in [0.3, 0.4) is 0 Å². The highest BCUT2D eigenvalue weighted by atomic mass is 19.1. The van der Waals surface area contributed by atoms with Gasteiger partial charge in [0.2, 0.25) is 0 Å². The highest BCUT2D eigenvalue weighted by molar-refractivity contribution is 5.22. The summed E-state index contributed by atoms with van der Waals surface area (Å²) in [6.45, 7) is 2.04. The standard InChI is InChI=1S/C15H16FNO/c1-11-3-2-4-12(7-11)5-6-15(18)13-8-14(16)10-17-9-13/h2-4,7-10,15,18H,5-6H2,1H3. The lowest BCUT2D eigenvalue weighted by molar-refractivity contribution is 0.167. The van der Waals surface area contributed by atoms with E-state index in [0.717, 1.165) is 12.6 Å². The summed E-state index contributed by atoms with van der Waals surface area (Å²) >= 11 is 0. The number of rotatable bonds is 4. The Bertz CT molecular complexity index is 527. The van der Waals surface area contributed by atoms with Crippen LogP contribution < -0.4 is 0 Å². The lowest BCUT2D eigenvalue weighted by atomic mass is 10.0. The van der Waals surface area contributed by atoms with Gasteiger partial charge in [0, 0.05) is 11.8 Å². The highest BCUT2D eigenvalue weighted by Gasteiger charge is 2.09. The second-order valence-electron chi connectivity index (χ2n) is 4.48. The molecule has 0 aliphatic carbocycles. The summed E-state index contributed by atoms with van der Waals surface area (Å²) in [5.74, 6) is -0.415. The fourth-order valence-corrected chi connectivity index (χ4v) is 1.95. The first kappa shape index (κ1) is 12.7. The van der Waals surface area contributed by atoms with Gasteiger partial charge in [0.05, 0.1) is 12.3 Å². The second-order valence-corrected chi connectivity index (χ2v) is 4.48. The number of aliphatic hydroxyl groups excluding tert-OH is 1. The maximum absolute atomic E-state index is 13.0. The van der Waals surface area contributed by atoms with Crippen molar-refractivity contribution in [3.63, 3.8) is 0 Å². The van der Waals surface area contributed by atoms with Crippen LogP contribution in [0.1, 0.15) is 29.2 Å². The van der Waals surface area contributed by atoms with Crippen molar-refractivity contribution in [3.8, 4) is 0 Å². The van der Waals surface area contributed by atoms with Gasteiger partial charge in [0.25, 0.3) is 0 Å². The molecule has 18 heavy (non-hydrogen) atoms. The molecule has 0 aliphatic heterocycles. The van der Waals surface area contributed by atoms with E-state index in [1.807, 2.05) is 25.1 Å². The maximum Gasteiger partial charge on any atom is 0.141 e. The lowest BCUT2D eigenvalue weighted by Gasteiger charge is -2.10. The molecule has 1 atom stereocenters. The minimum atomic E-state index is -0.672. The van der Waals surface area contributed by atoms with Gasteiger partial charge in [-0.2, -0.15) is 0 Å². The number of hydrogen-bond donors (Lipinski definition) is 1. The van der Waals surface area contributed by atoms with Crippen LogP contribution in [0.25, 0.3) is 0 Å². The molecule has 0 amide bonds. The smallest absolute Gasteiger partial charge is 0.141 e. The molecule has 1 N–H and O–H groups in total. The van der Waals surface area contributed by atoms with Crippen molar-refractivity contribution in [2.75, 3.05) is 0 Å². The number of nitrogens with zero attached hydrogens (tertiary/aromatic N) is 1. The molecule has 3 heteroatoms. The third-order valence-corrected chi connectivity index (χ3v) is 2.90. The van der Waals surface area contributed by atoms with Crippen molar-refractivity contribution >= 4 is 0 Å². The Morgan fingerprint density at radius 2 is 2.11 bits per heavy atom. The van der Waals surface area contributed by atoms with E-state index in [2.05, 4.69) is 11.1 Å². The summed E-state index contributed by atoms with van der Waals surface area (Å²) < 4.78 is 13.0. The van der Waals surface area contributed by atoms with Crippen LogP contribution in [0.15, 0.2) is 42.7 Å². The van der Waals surface area contributed by atoms with Gasteiger partial charge in [-0.15, -0.1) is 0 Å². The van der Waals surface area contributed by atoms with Crippen LogP contribution in [0.4, 0.5) is 4.39 Å². The van der Waals surface area contributed by atoms with Crippen molar-refractivity contribution in [1.29, 1.82) is 0 Å². The molecule has 0 saturated carbocycles. The summed E-state index contributed by atoms with van der Waals surface area (Å²) in [4.78, 5) is 3.74. The molecule has 0 fully saturated rings. The Balaban J connectivity index is 1.98. The van der Waals surface area contributed by atoms with Crippen LogP contribution in [0.5, 0.6) is 0 Å². The SMILES string of the molecule is Cc1cccc(CCC(O)c2cncc(F)c2)c1. The predicted octanol–water partition coefficient (Wildman–Crippen LogP) is 3.20. The maximum atomic E-state index is 13.0. The van der Waals surface area contributed by atoms with Gasteiger partial charge in [0.1, 0.15) is 5.82 Å². The normalized spacial score (nSPS) is 12.4. The monoisotopic (exact) mass is 245 g/mol. The number of pyridine rings is 1. The quantitative estimate of drug-likeness (QED) is 0.897. The van der Waals surface area contributed by atoms with Crippen molar-refractivity contribution in [2.45, 2.75) is 25.9 Å². The van der Waals surface area contributed by atoms with Gasteiger partial charge in [-0.25, -0.2) is 4.39 Å². The van der Waals surface area contributed by atoms with Crippen molar-refractivity contribution in [2.24, 2.45) is 0 Å². The van der Waals surface area contributed by atoms with Gasteiger partial charge < -0.3 is 5.11 Å². The molecule has 2 rings (SSSR count). The topological polar surface area (TPSA) is 33.1 Å². The summed E-state index contributed by atoms with van der Waals surface area (Å²) in [7, 11) is 0. The van der Waals surface area contributed by atoms with Crippen molar-refractivity contribution in [1.82, 2.24) is 4.98 Å². The third kappa shape index (κ3) is 3.37. The molecule has 94 valence electrons. The number of halogens is 1. The van der Waals surface area contributed by atoms with Gasteiger partial charge in [0.15, 0.2) is 0 Å². The number of aliphatic hydroxyl groups is 1. The van der Waals surface area contributed by atoms with Gasteiger partial charge in [-0.05, 0) is 31.4 Å². The summed E-state index contributed by atoms with van der Waals surface area (Å²) in [6, 6.07) is 9.49. The lowest BCUT2D eigenvalue weighted by Crippen LogP contribution is -2.01. The Kier molecular flexibility index (Phi) is 4.05. The average molecular weight is 245 g/mol. The van der Waals surface area contributed by atoms with E-state index >= 15 is 0 Å². The van der Waals surface area contributed by atoms with Gasteiger partial charge >= 0.3 is 0 Å². The molecule has 1 aromatic carbocycles. The molecule has 1 heterocycles. The number of benzene rings is 1. The molecule has 0 saturated heterocycles. The van der Waals surface area contributed by atoms with E-state index in [1.165, 1.54) is 23.4 Å². The first-order valence-electron chi connectivity index (χ1n) is 5.99. The van der Waals surface area contributed by atoms with Gasteiger partial charge in [-0.1, -0.05) is 29.8 Å². The van der Waals surface area contributed by atoms with Crippen molar-refractivity contribution in [3.05, 3.63) is 65.2 Å². The Hall–Kier alpha value is -1.74. The molecule has 1 unspecified atom stereocenters. The molecule has 2 aromatic rings. The van der Waals surface area contributed by atoms with Crippen LogP contribution in [0, 0.1) is 12.7 Å². The second kappa shape index (κ2) is 5.74. The van der Waals surface area contributed by atoms with Crippen molar-refractivity contribution < 1.29 is 9.50 Å². The Morgan fingerprint density at radius 1 is 1.28 bits per heavy atom. The fourth-order valence-electron chi connectivity index (χ4n) is 1.95. The highest BCUT2D eigenvalue weighted by Crippen LogP contribution is 2.19. The number of hydrogen-bond acceptors (Lipinski definition) is 2. The van der Waals surface area contributed by atoms with Crippen LogP contribution in [0.2, 0.25) is 0 Å². The molecule has 0 radical (unpaired) electrons. The van der Waals surface area contributed by atoms with E-state index in [0.29, 0.717) is 12.0 Å². The minimum Gasteiger partial charge on any atom is -0.388 e. The van der Waals surface area contributed by atoms with E-state index in [4.69, 9.17) is 0 Å². The molecule has 0 aliphatic rings. The van der Waals surface area contributed by atoms with Gasteiger partial charge in [-0.3, -0.25) is 4.98 Å². The van der Waals surface area contributed by atoms with Crippen LogP contribution in [-0.2, 0) is 6.42 Å². The number of aromatic nitrogens is 1. The van der Waals surface area contributed by atoms with Crippen LogP contribution in [-0.4, -0.2) is 10.1 Å².